The van der Waals surface area contributed by atoms with Gasteiger partial charge in [-0.15, -0.1) is 10.2 Å². The highest BCUT2D eigenvalue weighted by Crippen LogP contribution is 2.18. The Labute approximate surface area is 128 Å². The van der Waals surface area contributed by atoms with Crippen LogP contribution in [0.1, 0.15) is 20.8 Å². The van der Waals surface area contributed by atoms with Crippen LogP contribution in [0.3, 0.4) is 0 Å². The molecule has 1 aromatic carbocycles. The number of aromatic nitrogens is 4. The zero-order chi connectivity index (χ0) is 15.4. The zero-order valence-corrected chi connectivity index (χ0v) is 13.0. The van der Waals surface area contributed by atoms with Crippen molar-refractivity contribution in [2.45, 2.75) is 33.4 Å². The van der Waals surface area contributed by atoms with E-state index >= 15 is 0 Å². The number of nitrogens with zero attached hydrogens (tertiary/aromatic N) is 4. The average molecular weight is 308 g/mol. The predicted molar refractivity (Wildman–Crippen MR) is 80.7 cm³/mol. The zero-order valence-electron chi connectivity index (χ0n) is 12.2. The molecule has 0 spiro atoms. The first-order valence-electron chi connectivity index (χ1n) is 6.79. The number of nitrogens with one attached hydrogen (secondary N) is 1. The predicted octanol–water partition coefficient (Wildman–Crippen LogP) is 2.15. The lowest BCUT2D eigenvalue weighted by atomic mass is 10.1. The third-order valence-corrected chi connectivity index (χ3v) is 3.44. The van der Waals surface area contributed by atoms with Crippen molar-refractivity contribution >= 4 is 17.5 Å². The lowest BCUT2D eigenvalue weighted by Gasteiger charge is -2.16. The average Bonchev–Trinajstić information content (AvgIpc) is 2.86. The van der Waals surface area contributed by atoms with Crippen molar-refractivity contribution in [3.05, 3.63) is 29.3 Å². The minimum absolute atomic E-state index is 0.0463. The van der Waals surface area contributed by atoms with Crippen LogP contribution >= 0.6 is 11.6 Å². The fourth-order valence-corrected chi connectivity index (χ4v) is 1.84. The lowest BCUT2D eigenvalue weighted by Crippen LogP contribution is -2.38. The maximum Gasteiger partial charge on any atom is 0.243 e. The second-order valence-electron chi connectivity index (χ2n) is 5.25. The Hall–Kier alpha value is -1.95. The van der Waals surface area contributed by atoms with Gasteiger partial charge in [0.2, 0.25) is 11.7 Å². The summed E-state index contributed by atoms with van der Waals surface area (Å²) in [5, 5.41) is 15.5. The summed E-state index contributed by atoms with van der Waals surface area (Å²) in [5.74, 6) is 0.688. The molecule has 1 N–H and O–H groups in total. The first-order chi connectivity index (χ1) is 9.95. The van der Waals surface area contributed by atoms with Crippen LogP contribution in [0, 0.1) is 5.92 Å². The molecule has 0 aliphatic heterocycles. The number of carbonyl (C=O) groups is 1. The van der Waals surface area contributed by atoms with E-state index < -0.39 is 0 Å². The van der Waals surface area contributed by atoms with Crippen molar-refractivity contribution in [1.29, 1.82) is 0 Å². The molecule has 0 bridgehead atoms. The summed E-state index contributed by atoms with van der Waals surface area (Å²) < 4.78 is 0. The number of hydrogen-bond donors (Lipinski definition) is 1. The third-order valence-electron chi connectivity index (χ3n) is 3.21. The van der Waals surface area contributed by atoms with Gasteiger partial charge in [-0.05, 0) is 30.2 Å². The molecule has 1 heterocycles. The monoisotopic (exact) mass is 307 g/mol. The molecular weight excluding hydrogens is 290 g/mol. The minimum atomic E-state index is -0.133. The third kappa shape index (κ3) is 4.26. The molecular formula is C14H18ClN5O. The van der Waals surface area contributed by atoms with Crippen LogP contribution in [0.4, 0.5) is 0 Å². The summed E-state index contributed by atoms with van der Waals surface area (Å²) in [6, 6.07) is 7.29. The molecule has 7 heteroatoms. The summed E-state index contributed by atoms with van der Waals surface area (Å²) in [4.78, 5) is 13.1. The Morgan fingerprint density at radius 1 is 1.38 bits per heavy atom. The molecule has 1 atom stereocenters. The van der Waals surface area contributed by atoms with Crippen LogP contribution in [0.5, 0.6) is 0 Å². The molecule has 21 heavy (non-hydrogen) atoms. The normalized spacial score (nSPS) is 12.4. The number of halogens is 1. The van der Waals surface area contributed by atoms with E-state index in [1.807, 2.05) is 19.1 Å². The molecule has 0 fully saturated rings. The SMILES string of the molecule is CC(C)[C@H](C)NC(=O)Cn1nnc(-c2cccc(Cl)c2)n1. The number of carbonyl (C=O) groups excluding carboxylic acids is 1. The molecule has 1 amide bonds. The van der Waals surface area contributed by atoms with Gasteiger partial charge < -0.3 is 5.32 Å². The van der Waals surface area contributed by atoms with Gasteiger partial charge in [-0.3, -0.25) is 4.79 Å². The number of tetrazole rings is 1. The second-order valence-corrected chi connectivity index (χ2v) is 5.69. The molecule has 0 aliphatic carbocycles. The summed E-state index contributed by atoms with van der Waals surface area (Å²) in [6.07, 6.45) is 0. The van der Waals surface area contributed by atoms with Crippen LogP contribution in [0.25, 0.3) is 11.4 Å². The summed E-state index contributed by atoms with van der Waals surface area (Å²) in [6.45, 7) is 6.12. The Morgan fingerprint density at radius 3 is 2.81 bits per heavy atom. The molecule has 6 nitrogen and oxygen atoms in total. The van der Waals surface area contributed by atoms with Crippen molar-refractivity contribution in [3.8, 4) is 11.4 Å². The fraction of sp³-hybridized carbons (Fsp3) is 0.429. The van der Waals surface area contributed by atoms with Gasteiger partial charge in [-0.2, -0.15) is 4.80 Å². The van der Waals surface area contributed by atoms with Crippen molar-refractivity contribution < 1.29 is 4.79 Å². The van der Waals surface area contributed by atoms with Crippen molar-refractivity contribution in [1.82, 2.24) is 25.5 Å². The van der Waals surface area contributed by atoms with E-state index in [1.165, 1.54) is 4.80 Å². The van der Waals surface area contributed by atoms with Crippen LogP contribution in [0.2, 0.25) is 5.02 Å². The largest absolute Gasteiger partial charge is 0.352 e. The van der Waals surface area contributed by atoms with E-state index in [2.05, 4.69) is 34.6 Å². The van der Waals surface area contributed by atoms with Gasteiger partial charge in [-0.25, -0.2) is 0 Å². The molecule has 0 saturated heterocycles. The molecule has 2 rings (SSSR count). The molecule has 112 valence electrons. The molecule has 0 unspecified atom stereocenters. The summed E-state index contributed by atoms with van der Waals surface area (Å²) in [5.41, 5.74) is 0.768. The Bertz CT molecular complexity index is 625. The van der Waals surface area contributed by atoms with Gasteiger partial charge in [0.15, 0.2) is 0 Å². The van der Waals surface area contributed by atoms with E-state index in [0.29, 0.717) is 16.8 Å². The Balaban J connectivity index is 2.02. The Kier molecular flexibility index (Phi) is 4.90. The number of rotatable bonds is 5. The quantitative estimate of drug-likeness (QED) is 0.918. The molecule has 1 aromatic heterocycles. The molecule has 0 aliphatic rings. The van der Waals surface area contributed by atoms with Crippen molar-refractivity contribution in [2.24, 2.45) is 5.92 Å². The standard InChI is InChI=1S/C14H18ClN5O/c1-9(2)10(3)16-13(21)8-20-18-14(17-19-20)11-5-4-6-12(15)7-11/h4-7,9-10H,8H2,1-3H3,(H,16,21)/t10-/m0/s1. The highest BCUT2D eigenvalue weighted by atomic mass is 35.5. The fourth-order valence-electron chi connectivity index (χ4n) is 1.65. The molecule has 2 aromatic rings. The van der Waals surface area contributed by atoms with Gasteiger partial charge in [0.05, 0.1) is 0 Å². The summed E-state index contributed by atoms with van der Waals surface area (Å²) in [7, 11) is 0. The van der Waals surface area contributed by atoms with Crippen LogP contribution in [-0.4, -0.2) is 32.2 Å². The van der Waals surface area contributed by atoms with Gasteiger partial charge in [-0.1, -0.05) is 37.6 Å². The van der Waals surface area contributed by atoms with Gasteiger partial charge in [0, 0.05) is 16.6 Å². The van der Waals surface area contributed by atoms with E-state index in [1.54, 1.807) is 12.1 Å². The second kappa shape index (κ2) is 6.67. The van der Waals surface area contributed by atoms with Crippen molar-refractivity contribution in [2.75, 3.05) is 0 Å². The van der Waals surface area contributed by atoms with E-state index in [4.69, 9.17) is 11.6 Å². The highest BCUT2D eigenvalue weighted by Gasteiger charge is 2.13. The first-order valence-corrected chi connectivity index (χ1v) is 7.16. The van der Waals surface area contributed by atoms with Crippen LogP contribution in [-0.2, 0) is 11.3 Å². The van der Waals surface area contributed by atoms with Gasteiger partial charge >= 0.3 is 0 Å². The van der Waals surface area contributed by atoms with Crippen molar-refractivity contribution in [3.63, 3.8) is 0 Å². The smallest absolute Gasteiger partial charge is 0.243 e. The molecule has 0 saturated carbocycles. The first kappa shape index (κ1) is 15.4. The van der Waals surface area contributed by atoms with Crippen LogP contribution < -0.4 is 5.32 Å². The summed E-state index contributed by atoms with van der Waals surface area (Å²) >= 11 is 5.93. The number of amides is 1. The number of hydrogen-bond acceptors (Lipinski definition) is 4. The van der Waals surface area contributed by atoms with E-state index in [9.17, 15) is 4.79 Å². The van der Waals surface area contributed by atoms with E-state index in [0.717, 1.165) is 5.56 Å². The minimum Gasteiger partial charge on any atom is -0.352 e. The lowest BCUT2D eigenvalue weighted by molar-refractivity contribution is -0.123. The van der Waals surface area contributed by atoms with E-state index in [-0.39, 0.29) is 18.5 Å². The number of benzene rings is 1. The van der Waals surface area contributed by atoms with Gasteiger partial charge in [0.1, 0.15) is 6.54 Å². The highest BCUT2D eigenvalue weighted by molar-refractivity contribution is 6.30. The molecule has 0 radical (unpaired) electrons. The van der Waals surface area contributed by atoms with Gasteiger partial charge in [0.25, 0.3) is 0 Å². The maximum absolute atomic E-state index is 11.9. The topological polar surface area (TPSA) is 72.7 Å². The van der Waals surface area contributed by atoms with Crippen LogP contribution in [0.15, 0.2) is 24.3 Å². The maximum atomic E-state index is 11.9. The Morgan fingerprint density at radius 2 is 2.14 bits per heavy atom.